The van der Waals surface area contributed by atoms with Gasteiger partial charge in [0.15, 0.2) is 11.2 Å². The van der Waals surface area contributed by atoms with Gasteiger partial charge < -0.3 is 14.5 Å². The van der Waals surface area contributed by atoms with Crippen LogP contribution in [0.3, 0.4) is 0 Å². The van der Waals surface area contributed by atoms with Crippen LogP contribution in [0.5, 0.6) is 11.6 Å². The Hall–Kier alpha value is -2.04. The number of nitrogens with one attached hydrogen (secondary N) is 1. The highest BCUT2D eigenvalue weighted by Crippen LogP contribution is 2.26. The van der Waals surface area contributed by atoms with Gasteiger partial charge in [0.25, 0.3) is 5.88 Å². The molecule has 0 saturated heterocycles. The maximum absolute atomic E-state index is 11.5. The van der Waals surface area contributed by atoms with Crippen molar-refractivity contribution in [1.29, 1.82) is 0 Å². The topological polar surface area (TPSA) is 64.2 Å². The normalized spacial score (nSPS) is 10.3. The van der Waals surface area contributed by atoms with Crippen LogP contribution in [0.4, 0.5) is 0 Å². The van der Waals surface area contributed by atoms with Crippen molar-refractivity contribution >= 4 is 11.0 Å². The van der Waals surface area contributed by atoms with Gasteiger partial charge in [-0.05, 0) is 0 Å². The van der Waals surface area contributed by atoms with Gasteiger partial charge in [0, 0.05) is 18.3 Å². The first-order valence-electron chi connectivity index (χ1n) is 4.36. The van der Waals surface area contributed by atoms with Crippen LogP contribution in [-0.2, 0) is 0 Å². The first-order valence-corrected chi connectivity index (χ1v) is 4.36. The Morgan fingerprint density at radius 1 is 1.33 bits per heavy atom. The van der Waals surface area contributed by atoms with E-state index in [0.717, 1.165) is 0 Å². The van der Waals surface area contributed by atoms with Crippen molar-refractivity contribution in [2.45, 2.75) is 0 Å². The van der Waals surface area contributed by atoms with Gasteiger partial charge in [0.2, 0.25) is 0 Å². The molecule has 0 aliphatic heterocycles. The zero-order valence-corrected chi connectivity index (χ0v) is 8.40. The molecule has 0 spiro atoms. The molecule has 0 aliphatic carbocycles. The quantitative estimate of drug-likeness (QED) is 0.794. The first-order chi connectivity index (χ1) is 7.26. The largest absolute Gasteiger partial charge is 0.491 e. The molecular formula is C10H10N2O3. The fourth-order valence-corrected chi connectivity index (χ4v) is 1.35. The van der Waals surface area contributed by atoms with Crippen molar-refractivity contribution in [3.05, 3.63) is 28.6 Å². The Kier molecular flexibility index (Phi) is 2.29. The summed E-state index contributed by atoms with van der Waals surface area (Å²) < 4.78 is 10.1. The highest BCUT2D eigenvalue weighted by Gasteiger charge is 2.09. The van der Waals surface area contributed by atoms with Crippen molar-refractivity contribution in [3.8, 4) is 11.6 Å². The summed E-state index contributed by atoms with van der Waals surface area (Å²) in [4.78, 5) is 18.5. The Morgan fingerprint density at radius 3 is 2.80 bits per heavy atom. The van der Waals surface area contributed by atoms with Crippen LogP contribution < -0.4 is 14.9 Å². The summed E-state index contributed by atoms with van der Waals surface area (Å²) in [5.41, 5.74) is 0.386. The standard InChI is InChI=1S/C10H10N2O3/c1-14-8-5-6-7(13)3-4-11-9(6)12-10(8)15-2/h3-5H,1-2H3,(H,11,12,13). The van der Waals surface area contributed by atoms with Gasteiger partial charge in [0.05, 0.1) is 19.6 Å². The number of ether oxygens (including phenoxy) is 2. The molecule has 15 heavy (non-hydrogen) atoms. The van der Waals surface area contributed by atoms with Gasteiger partial charge in [-0.1, -0.05) is 0 Å². The predicted octanol–water partition coefficient (Wildman–Crippen LogP) is 0.940. The zero-order chi connectivity index (χ0) is 10.8. The van der Waals surface area contributed by atoms with E-state index >= 15 is 0 Å². The molecule has 0 aromatic carbocycles. The Balaban J connectivity index is 2.81. The number of aromatic nitrogens is 2. The minimum atomic E-state index is -0.0998. The average Bonchev–Trinajstić information content (AvgIpc) is 2.28. The van der Waals surface area contributed by atoms with Crippen LogP contribution in [-0.4, -0.2) is 24.2 Å². The molecule has 0 radical (unpaired) electrons. The molecule has 1 N–H and O–H groups in total. The number of pyridine rings is 2. The second-order valence-corrected chi connectivity index (χ2v) is 2.94. The molecule has 0 amide bonds. The molecule has 0 atom stereocenters. The second kappa shape index (κ2) is 3.61. The van der Waals surface area contributed by atoms with Crippen LogP contribution in [0.1, 0.15) is 0 Å². The third-order valence-corrected chi connectivity index (χ3v) is 2.09. The zero-order valence-electron chi connectivity index (χ0n) is 8.40. The monoisotopic (exact) mass is 206 g/mol. The van der Waals surface area contributed by atoms with E-state index in [9.17, 15) is 4.79 Å². The molecule has 78 valence electrons. The average molecular weight is 206 g/mol. The molecule has 0 aliphatic rings. The van der Waals surface area contributed by atoms with Crippen LogP contribution in [0, 0.1) is 0 Å². The molecule has 0 saturated carbocycles. The van der Waals surface area contributed by atoms with Crippen molar-refractivity contribution in [3.63, 3.8) is 0 Å². The van der Waals surface area contributed by atoms with Crippen molar-refractivity contribution in [1.82, 2.24) is 9.97 Å². The molecule has 2 aromatic rings. The second-order valence-electron chi connectivity index (χ2n) is 2.94. The summed E-state index contributed by atoms with van der Waals surface area (Å²) >= 11 is 0. The Morgan fingerprint density at radius 2 is 2.13 bits per heavy atom. The fourth-order valence-electron chi connectivity index (χ4n) is 1.35. The molecule has 0 fully saturated rings. The lowest BCUT2D eigenvalue weighted by Crippen LogP contribution is -2.03. The molecule has 5 heteroatoms. The van der Waals surface area contributed by atoms with Crippen molar-refractivity contribution in [2.24, 2.45) is 0 Å². The summed E-state index contributed by atoms with van der Waals surface area (Å²) in [6.07, 6.45) is 1.55. The summed E-state index contributed by atoms with van der Waals surface area (Å²) in [7, 11) is 3.00. The Labute approximate surface area is 85.7 Å². The van der Waals surface area contributed by atoms with Gasteiger partial charge in [-0.25, -0.2) is 0 Å². The minimum Gasteiger partial charge on any atom is -0.491 e. The van der Waals surface area contributed by atoms with E-state index in [-0.39, 0.29) is 5.43 Å². The lowest BCUT2D eigenvalue weighted by Gasteiger charge is -2.06. The lowest BCUT2D eigenvalue weighted by molar-refractivity contribution is 0.344. The van der Waals surface area contributed by atoms with Gasteiger partial charge >= 0.3 is 0 Å². The molecule has 2 heterocycles. The molecule has 2 rings (SSSR count). The van der Waals surface area contributed by atoms with E-state index in [1.54, 1.807) is 12.3 Å². The maximum atomic E-state index is 11.5. The summed E-state index contributed by atoms with van der Waals surface area (Å²) in [5.74, 6) is 0.800. The van der Waals surface area contributed by atoms with E-state index in [1.807, 2.05) is 0 Å². The highest BCUT2D eigenvalue weighted by atomic mass is 16.5. The van der Waals surface area contributed by atoms with Crippen LogP contribution in [0.15, 0.2) is 23.1 Å². The number of hydrogen-bond acceptors (Lipinski definition) is 4. The molecule has 0 unspecified atom stereocenters. The van der Waals surface area contributed by atoms with E-state index < -0.39 is 0 Å². The number of H-pyrrole nitrogens is 1. The minimum absolute atomic E-state index is 0.0998. The smallest absolute Gasteiger partial charge is 0.258 e. The molecular weight excluding hydrogens is 196 g/mol. The molecule has 2 aromatic heterocycles. The van der Waals surface area contributed by atoms with Gasteiger partial charge in [-0.3, -0.25) is 4.79 Å². The maximum Gasteiger partial charge on any atom is 0.258 e. The van der Waals surface area contributed by atoms with E-state index in [1.165, 1.54) is 20.3 Å². The number of hydrogen-bond donors (Lipinski definition) is 1. The van der Waals surface area contributed by atoms with E-state index in [0.29, 0.717) is 22.7 Å². The third-order valence-electron chi connectivity index (χ3n) is 2.09. The van der Waals surface area contributed by atoms with Crippen molar-refractivity contribution in [2.75, 3.05) is 14.2 Å². The summed E-state index contributed by atoms with van der Waals surface area (Å²) in [6.45, 7) is 0. The first kappa shape index (κ1) is 9.51. The number of rotatable bonds is 2. The molecule has 5 nitrogen and oxygen atoms in total. The Bertz CT molecular complexity index is 548. The number of aromatic amines is 1. The lowest BCUT2D eigenvalue weighted by atomic mass is 10.2. The van der Waals surface area contributed by atoms with Gasteiger partial charge in [-0.2, -0.15) is 4.98 Å². The number of fused-ring (bicyclic) bond motifs is 1. The number of nitrogens with zero attached hydrogens (tertiary/aromatic N) is 1. The summed E-state index contributed by atoms with van der Waals surface area (Å²) in [5, 5.41) is 0.482. The summed E-state index contributed by atoms with van der Waals surface area (Å²) in [6, 6.07) is 3.05. The van der Waals surface area contributed by atoms with Crippen molar-refractivity contribution < 1.29 is 9.47 Å². The SMILES string of the molecule is COc1cc2c(=O)cc[nH]c2nc1OC. The molecule has 0 bridgehead atoms. The van der Waals surface area contributed by atoms with Gasteiger partial charge in [0.1, 0.15) is 5.65 Å². The van der Waals surface area contributed by atoms with Gasteiger partial charge in [-0.15, -0.1) is 0 Å². The highest BCUT2D eigenvalue weighted by molar-refractivity contribution is 5.77. The predicted molar refractivity (Wildman–Crippen MR) is 55.5 cm³/mol. The third kappa shape index (κ3) is 1.52. The van der Waals surface area contributed by atoms with Crippen LogP contribution in [0.2, 0.25) is 0 Å². The van der Waals surface area contributed by atoms with Crippen LogP contribution >= 0.6 is 0 Å². The van der Waals surface area contributed by atoms with E-state index in [2.05, 4.69) is 9.97 Å². The van der Waals surface area contributed by atoms with Crippen LogP contribution in [0.25, 0.3) is 11.0 Å². The fraction of sp³-hybridized carbons (Fsp3) is 0.200. The van der Waals surface area contributed by atoms with E-state index in [4.69, 9.17) is 9.47 Å². The number of methoxy groups -OCH3 is 2.